The molecule has 0 radical (unpaired) electrons. The fraction of sp³-hybridized carbons (Fsp3) is 0.800. The van der Waals surface area contributed by atoms with Gasteiger partial charge in [0.25, 0.3) is 0 Å². The molecule has 0 aliphatic carbocycles. The lowest BCUT2D eigenvalue weighted by Crippen LogP contribution is -2.30. The maximum Gasteiger partial charge on any atom is 0.138 e. The van der Waals surface area contributed by atoms with Crippen LogP contribution in [0.4, 0.5) is 0 Å². The van der Waals surface area contributed by atoms with Crippen molar-refractivity contribution >= 4 is 23.1 Å². The first-order valence-electron chi connectivity index (χ1n) is 5.17. The van der Waals surface area contributed by atoms with Crippen molar-refractivity contribution in [1.29, 1.82) is 0 Å². The van der Waals surface area contributed by atoms with Crippen molar-refractivity contribution in [1.82, 2.24) is 14.5 Å². The third kappa shape index (κ3) is 4.05. The van der Waals surface area contributed by atoms with Gasteiger partial charge in [-0.25, -0.2) is 0 Å². The third-order valence-electron chi connectivity index (χ3n) is 2.47. The first-order valence-corrected chi connectivity index (χ1v) is 6.32. The average Bonchev–Trinajstić information content (AvgIpc) is 2.50. The van der Waals surface area contributed by atoms with Crippen LogP contribution in [0.1, 0.15) is 32.9 Å². The molecule has 0 saturated heterocycles. The van der Waals surface area contributed by atoms with Gasteiger partial charge in [-0.3, -0.25) is 4.90 Å². The highest BCUT2D eigenvalue weighted by Gasteiger charge is 2.14. The molecule has 0 N–H and O–H groups in total. The van der Waals surface area contributed by atoms with Crippen LogP contribution in [-0.4, -0.2) is 27.6 Å². The Balaban J connectivity index is 2.48. The van der Waals surface area contributed by atoms with Crippen LogP contribution in [0, 0.1) is 5.92 Å². The number of hydrogen-bond acceptors (Lipinski definition) is 4. The summed E-state index contributed by atoms with van der Waals surface area (Å²) in [6.07, 6.45) is 1.19. The number of aromatic nitrogens is 2. The quantitative estimate of drug-likeness (QED) is 0.801. The van der Waals surface area contributed by atoms with Gasteiger partial charge in [0, 0.05) is 24.1 Å². The Morgan fingerprint density at radius 2 is 2.07 bits per heavy atom. The van der Waals surface area contributed by atoms with E-state index in [4.69, 9.17) is 11.6 Å². The van der Waals surface area contributed by atoms with Gasteiger partial charge in [0.2, 0.25) is 0 Å². The molecule has 0 amide bonds. The van der Waals surface area contributed by atoms with E-state index in [1.165, 1.54) is 18.0 Å². The molecule has 86 valence electrons. The maximum atomic E-state index is 5.96. The van der Waals surface area contributed by atoms with Crippen molar-refractivity contribution in [3.8, 4) is 0 Å². The van der Waals surface area contributed by atoms with E-state index in [0.717, 1.165) is 12.2 Å². The van der Waals surface area contributed by atoms with Gasteiger partial charge in [0.05, 0.1) is 0 Å². The Labute approximate surface area is 101 Å². The number of rotatable bonds is 5. The zero-order valence-corrected chi connectivity index (χ0v) is 11.3. The monoisotopic (exact) mass is 247 g/mol. The molecule has 1 heterocycles. The van der Waals surface area contributed by atoms with E-state index in [1.54, 1.807) is 0 Å². The van der Waals surface area contributed by atoms with Crippen LogP contribution < -0.4 is 0 Å². The summed E-state index contributed by atoms with van der Waals surface area (Å²) in [6, 6.07) is 0.544. The van der Waals surface area contributed by atoms with Gasteiger partial charge in [-0.1, -0.05) is 29.9 Å². The summed E-state index contributed by atoms with van der Waals surface area (Å²) in [4.78, 5) is 2.27. The summed E-state index contributed by atoms with van der Waals surface area (Å²) in [5.74, 6) is 0.714. The first-order chi connectivity index (χ1) is 7.00. The highest BCUT2D eigenvalue weighted by molar-refractivity contribution is 7.10. The molecule has 1 unspecified atom stereocenters. The fourth-order valence-electron chi connectivity index (χ4n) is 1.55. The molecule has 0 fully saturated rings. The minimum Gasteiger partial charge on any atom is -0.298 e. The molecule has 0 saturated carbocycles. The predicted octanol–water partition coefficient (Wildman–Crippen LogP) is 3.06. The summed E-state index contributed by atoms with van der Waals surface area (Å²) in [7, 11) is 2.10. The summed E-state index contributed by atoms with van der Waals surface area (Å²) in [5.41, 5.74) is 0.889. The van der Waals surface area contributed by atoms with Crippen LogP contribution in [0.15, 0.2) is 0 Å². The van der Waals surface area contributed by atoms with Crippen LogP contribution in [0.5, 0.6) is 0 Å². The standard InChI is InChI=1S/C10H18ClN3S/c1-7(2)5-8(3)14(4)6-9-10(11)15-13-12-9/h7-8H,5-6H2,1-4H3. The van der Waals surface area contributed by atoms with Crippen molar-refractivity contribution < 1.29 is 0 Å². The van der Waals surface area contributed by atoms with Gasteiger partial charge >= 0.3 is 0 Å². The minimum atomic E-state index is 0.544. The molecule has 3 nitrogen and oxygen atoms in total. The van der Waals surface area contributed by atoms with Crippen LogP contribution in [0.2, 0.25) is 4.34 Å². The SMILES string of the molecule is CC(C)CC(C)N(C)Cc1nnsc1Cl. The molecular weight excluding hydrogens is 230 g/mol. The van der Waals surface area contributed by atoms with E-state index in [1.807, 2.05) is 0 Å². The molecule has 0 aliphatic heterocycles. The van der Waals surface area contributed by atoms with E-state index < -0.39 is 0 Å². The highest BCUT2D eigenvalue weighted by Crippen LogP contribution is 2.20. The molecule has 1 rings (SSSR count). The molecule has 0 bridgehead atoms. The number of nitrogens with zero attached hydrogens (tertiary/aromatic N) is 3. The van der Waals surface area contributed by atoms with Crippen LogP contribution in [-0.2, 0) is 6.54 Å². The van der Waals surface area contributed by atoms with Gasteiger partial charge in [0.1, 0.15) is 10.0 Å². The lowest BCUT2D eigenvalue weighted by Gasteiger charge is -2.25. The topological polar surface area (TPSA) is 29.0 Å². The molecule has 0 spiro atoms. The van der Waals surface area contributed by atoms with Gasteiger partial charge in [-0.15, -0.1) is 5.10 Å². The Morgan fingerprint density at radius 3 is 2.53 bits per heavy atom. The molecule has 5 heteroatoms. The Kier molecular flexibility index (Phi) is 4.96. The Hall–Kier alpha value is -0.190. The first kappa shape index (κ1) is 12.9. The summed E-state index contributed by atoms with van der Waals surface area (Å²) >= 11 is 7.21. The Morgan fingerprint density at radius 1 is 1.40 bits per heavy atom. The molecule has 15 heavy (non-hydrogen) atoms. The second kappa shape index (κ2) is 5.77. The smallest absolute Gasteiger partial charge is 0.138 e. The van der Waals surface area contributed by atoms with Gasteiger partial charge < -0.3 is 0 Å². The molecule has 1 atom stereocenters. The van der Waals surface area contributed by atoms with Crippen molar-refractivity contribution in [3.05, 3.63) is 10.0 Å². The molecule has 0 aromatic carbocycles. The zero-order valence-electron chi connectivity index (χ0n) is 9.70. The van der Waals surface area contributed by atoms with Crippen molar-refractivity contribution in [2.24, 2.45) is 5.92 Å². The average molecular weight is 248 g/mol. The van der Waals surface area contributed by atoms with Crippen molar-refractivity contribution in [2.75, 3.05) is 7.05 Å². The van der Waals surface area contributed by atoms with Crippen LogP contribution in [0.25, 0.3) is 0 Å². The summed E-state index contributed by atoms with van der Waals surface area (Å²) < 4.78 is 4.54. The van der Waals surface area contributed by atoms with Crippen LogP contribution >= 0.6 is 23.1 Å². The Bertz CT molecular complexity index is 301. The number of halogens is 1. The minimum absolute atomic E-state index is 0.544. The lowest BCUT2D eigenvalue weighted by molar-refractivity contribution is 0.218. The normalized spacial score (nSPS) is 13.8. The second-order valence-electron chi connectivity index (χ2n) is 4.39. The summed E-state index contributed by atoms with van der Waals surface area (Å²) in [5, 5.41) is 4.01. The molecule has 0 aliphatic rings. The molecular formula is C10H18ClN3S. The van der Waals surface area contributed by atoms with E-state index in [2.05, 4.69) is 42.3 Å². The van der Waals surface area contributed by atoms with Gasteiger partial charge in [0.15, 0.2) is 0 Å². The predicted molar refractivity (Wildman–Crippen MR) is 65.3 cm³/mol. The maximum absolute atomic E-state index is 5.96. The lowest BCUT2D eigenvalue weighted by atomic mass is 10.0. The third-order valence-corrected chi connectivity index (χ3v) is 3.46. The van der Waals surface area contributed by atoms with Crippen LogP contribution in [0.3, 0.4) is 0 Å². The molecule has 1 aromatic rings. The number of hydrogen-bond donors (Lipinski definition) is 0. The van der Waals surface area contributed by atoms with Crippen molar-refractivity contribution in [3.63, 3.8) is 0 Å². The largest absolute Gasteiger partial charge is 0.298 e. The second-order valence-corrected chi connectivity index (χ2v) is 5.74. The van der Waals surface area contributed by atoms with Gasteiger partial charge in [-0.2, -0.15) is 0 Å². The van der Waals surface area contributed by atoms with E-state index in [-0.39, 0.29) is 0 Å². The molecule has 1 aromatic heterocycles. The highest BCUT2D eigenvalue weighted by atomic mass is 35.5. The fourth-order valence-corrected chi connectivity index (χ4v) is 2.16. The van der Waals surface area contributed by atoms with E-state index >= 15 is 0 Å². The van der Waals surface area contributed by atoms with E-state index in [0.29, 0.717) is 16.3 Å². The zero-order chi connectivity index (χ0) is 11.4. The van der Waals surface area contributed by atoms with E-state index in [9.17, 15) is 0 Å². The van der Waals surface area contributed by atoms with Gasteiger partial charge in [-0.05, 0) is 26.3 Å². The van der Waals surface area contributed by atoms with Crippen molar-refractivity contribution in [2.45, 2.75) is 39.8 Å². The summed E-state index contributed by atoms with van der Waals surface area (Å²) in [6.45, 7) is 7.49.